The van der Waals surface area contributed by atoms with Crippen molar-refractivity contribution in [2.45, 2.75) is 12.5 Å². The van der Waals surface area contributed by atoms with E-state index in [4.69, 9.17) is 5.73 Å². The molecule has 0 aliphatic carbocycles. The fraction of sp³-hybridized carbons (Fsp3) is 0.375. The molecule has 2 heterocycles. The molecule has 1 fully saturated rings. The third kappa shape index (κ3) is 3.20. The van der Waals surface area contributed by atoms with Gasteiger partial charge in [-0.3, -0.25) is 14.7 Å². The Labute approximate surface area is 123 Å². The molecule has 2 atom stereocenters. The normalized spacial score (nSPS) is 22.7. The highest BCUT2D eigenvalue weighted by atomic mass is 16.3. The molecule has 1 aliphatic heterocycles. The lowest BCUT2D eigenvalue weighted by Crippen LogP contribution is -2.32. The van der Waals surface area contributed by atoms with Crippen LogP contribution in [0.5, 0.6) is 0 Å². The number of hydrogen-bond donors (Lipinski definition) is 2. The van der Waals surface area contributed by atoms with Crippen molar-refractivity contribution >= 4 is 16.8 Å². The smallest absolute Gasteiger partial charge is 0.231 e. The molecule has 21 heavy (non-hydrogen) atoms. The molecule has 1 saturated heterocycles. The first kappa shape index (κ1) is 14.0. The Bertz CT molecular complexity index is 659. The number of carbonyl (C=O) groups is 1. The van der Waals surface area contributed by atoms with Gasteiger partial charge in [-0.1, -0.05) is 24.3 Å². The summed E-state index contributed by atoms with van der Waals surface area (Å²) < 4.78 is 0. The molecule has 0 bridgehead atoms. The predicted octanol–water partition coefficient (Wildman–Crippen LogP) is 0.555. The molecular weight excluding hydrogens is 266 g/mol. The van der Waals surface area contributed by atoms with Crippen LogP contribution >= 0.6 is 0 Å². The average molecular weight is 285 g/mol. The molecule has 5 heteroatoms. The number of aliphatic hydroxyl groups is 1. The first-order chi connectivity index (χ1) is 10.1. The molecule has 0 spiro atoms. The number of primary amides is 1. The number of amides is 1. The van der Waals surface area contributed by atoms with Crippen molar-refractivity contribution in [3.63, 3.8) is 0 Å². The highest BCUT2D eigenvalue weighted by molar-refractivity contribution is 5.78. The number of pyridine rings is 1. The highest BCUT2D eigenvalue weighted by Gasteiger charge is 2.32. The molecule has 1 aromatic heterocycles. The van der Waals surface area contributed by atoms with Gasteiger partial charge in [0.25, 0.3) is 0 Å². The highest BCUT2D eigenvalue weighted by Crippen LogP contribution is 2.22. The van der Waals surface area contributed by atoms with E-state index in [0.29, 0.717) is 19.5 Å². The third-order valence-electron chi connectivity index (χ3n) is 3.99. The molecular formula is C16H19N3O2. The van der Waals surface area contributed by atoms with Gasteiger partial charge in [0.2, 0.25) is 5.91 Å². The number of β-amino-alcohol motifs (C(OH)–C–C–N with tert-alkyl or cyclic N) is 1. The second-order valence-corrected chi connectivity index (χ2v) is 5.69. The third-order valence-corrected chi connectivity index (χ3v) is 3.99. The monoisotopic (exact) mass is 285 g/mol. The number of hydrogen-bond acceptors (Lipinski definition) is 4. The van der Waals surface area contributed by atoms with Crippen LogP contribution in [0.1, 0.15) is 5.69 Å². The number of aliphatic hydroxyl groups excluding tert-OH is 1. The van der Waals surface area contributed by atoms with E-state index in [1.54, 1.807) is 0 Å². The molecule has 0 radical (unpaired) electrons. The summed E-state index contributed by atoms with van der Waals surface area (Å²) in [6.07, 6.45) is 0.277. The van der Waals surface area contributed by atoms with Crippen molar-refractivity contribution in [1.29, 1.82) is 0 Å². The van der Waals surface area contributed by atoms with Gasteiger partial charge >= 0.3 is 0 Å². The largest absolute Gasteiger partial charge is 0.391 e. The maximum atomic E-state index is 11.0. The maximum absolute atomic E-state index is 11.0. The number of benzene rings is 1. The van der Waals surface area contributed by atoms with Crippen LogP contribution in [0.25, 0.3) is 10.9 Å². The summed E-state index contributed by atoms with van der Waals surface area (Å²) >= 11 is 0. The van der Waals surface area contributed by atoms with Crippen molar-refractivity contribution in [3.8, 4) is 0 Å². The molecule has 3 N–H and O–H groups in total. The number of nitrogens with two attached hydrogens (primary N) is 1. The maximum Gasteiger partial charge on any atom is 0.231 e. The summed E-state index contributed by atoms with van der Waals surface area (Å²) in [6.45, 7) is 1.39. The van der Waals surface area contributed by atoms with Crippen LogP contribution in [0.4, 0.5) is 0 Å². The van der Waals surface area contributed by atoms with Gasteiger partial charge in [0.05, 0.1) is 18.2 Å². The van der Waals surface area contributed by atoms with E-state index in [2.05, 4.69) is 11.1 Å². The van der Waals surface area contributed by atoms with E-state index in [1.807, 2.05) is 35.2 Å². The Kier molecular flexibility index (Phi) is 3.86. The van der Waals surface area contributed by atoms with Crippen LogP contribution in [0.15, 0.2) is 36.4 Å². The van der Waals surface area contributed by atoms with Crippen LogP contribution in [0.3, 0.4) is 0 Å². The lowest BCUT2D eigenvalue weighted by atomic mass is 9.99. The van der Waals surface area contributed by atoms with Gasteiger partial charge in [0, 0.05) is 30.1 Å². The number of likely N-dealkylation sites (tertiary alicyclic amines) is 1. The van der Waals surface area contributed by atoms with Crippen molar-refractivity contribution in [2.24, 2.45) is 11.7 Å². The molecule has 5 nitrogen and oxygen atoms in total. The van der Waals surface area contributed by atoms with Crippen LogP contribution in [-0.2, 0) is 11.2 Å². The lowest BCUT2D eigenvalue weighted by molar-refractivity contribution is -0.119. The lowest BCUT2D eigenvalue weighted by Gasteiger charge is -2.13. The summed E-state index contributed by atoms with van der Waals surface area (Å²) in [5.74, 6) is -0.260. The molecule has 1 aliphatic rings. The predicted molar refractivity (Wildman–Crippen MR) is 80.6 cm³/mol. The standard InChI is InChI=1S/C16H19N3O2/c17-16(21)10-19-8-12(15(20)9-19)7-13-6-5-11-3-1-2-4-14(11)18-13/h1-6,12,15,20H,7-10H2,(H2,17,21)/t12-,15-/m1/s1. The zero-order valence-electron chi connectivity index (χ0n) is 11.8. The minimum Gasteiger partial charge on any atom is -0.391 e. The van der Waals surface area contributed by atoms with Gasteiger partial charge in [-0.2, -0.15) is 0 Å². The zero-order valence-corrected chi connectivity index (χ0v) is 11.8. The SMILES string of the molecule is NC(=O)CN1C[C@@H](Cc2ccc3ccccc3n2)[C@H](O)C1. The van der Waals surface area contributed by atoms with Gasteiger partial charge in [-0.05, 0) is 18.6 Å². The van der Waals surface area contributed by atoms with Crippen molar-refractivity contribution in [2.75, 3.05) is 19.6 Å². The van der Waals surface area contributed by atoms with E-state index in [9.17, 15) is 9.90 Å². The number of aromatic nitrogens is 1. The summed E-state index contributed by atoms with van der Waals surface area (Å²) in [6, 6.07) is 12.0. The van der Waals surface area contributed by atoms with E-state index < -0.39 is 6.10 Å². The summed E-state index contributed by atoms with van der Waals surface area (Å²) in [4.78, 5) is 17.5. The number of nitrogens with zero attached hydrogens (tertiary/aromatic N) is 2. The quantitative estimate of drug-likeness (QED) is 0.860. The van der Waals surface area contributed by atoms with Crippen LogP contribution in [-0.4, -0.2) is 46.6 Å². The Morgan fingerprint density at radius 3 is 2.90 bits per heavy atom. The summed E-state index contributed by atoms with van der Waals surface area (Å²) in [5.41, 5.74) is 7.14. The summed E-state index contributed by atoms with van der Waals surface area (Å²) in [5, 5.41) is 11.2. The van der Waals surface area contributed by atoms with Gasteiger partial charge in [0.1, 0.15) is 0 Å². The molecule has 1 amide bonds. The molecule has 3 rings (SSSR count). The minimum absolute atomic E-state index is 0.0954. The fourth-order valence-electron chi connectivity index (χ4n) is 2.98. The Balaban J connectivity index is 1.71. The Morgan fingerprint density at radius 2 is 2.10 bits per heavy atom. The fourth-order valence-corrected chi connectivity index (χ4v) is 2.98. The van der Waals surface area contributed by atoms with Crippen molar-refractivity contribution in [1.82, 2.24) is 9.88 Å². The summed E-state index contributed by atoms with van der Waals surface area (Å²) in [7, 11) is 0. The van der Waals surface area contributed by atoms with Crippen LogP contribution < -0.4 is 5.73 Å². The van der Waals surface area contributed by atoms with E-state index >= 15 is 0 Å². The molecule has 0 unspecified atom stereocenters. The van der Waals surface area contributed by atoms with E-state index in [-0.39, 0.29) is 18.4 Å². The Hall–Kier alpha value is -1.98. The average Bonchev–Trinajstić information content (AvgIpc) is 2.77. The molecule has 110 valence electrons. The molecule has 1 aromatic carbocycles. The first-order valence-electron chi connectivity index (χ1n) is 7.15. The van der Waals surface area contributed by atoms with Gasteiger partial charge in [-0.15, -0.1) is 0 Å². The topological polar surface area (TPSA) is 79.5 Å². The molecule has 0 saturated carbocycles. The Morgan fingerprint density at radius 1 is 1.29 bits per heavy atom. The zero-order chi connectivity index (χ0) is 14.8. The van der Waals surface area contributed by atoms with Crippen molar-refractivity contribution < 1.29 is 9.90 Å². The second-order valence-electron chi connectivity index (χ2n) is 5.69. The first-order valence-corrected chi connectivity index (χ1v) is 7.15. The second kappa shape index (κ2) is 5.79. The van der Waals surface area contributed by atoms with Crippen LogP contribution in [0.2, 0.25) is 0 Å². The van der Waals surface area contributed by atoms with E-state index in [1.165, 1.54) is 0 Å². The molecule has 2 aromatic rings. The number of fused-ring (bicyclic) bond motifs is 1. The van der Waals surface area contributed by atoms with E-state index in [0.717, 1.165) is 16.6 Å². The van der Waals surface area contributed by atoms with Gasteiger partial charge < -0.3 is 10.8 Å². The van der Waals surface area contributed by atoms with Crippen molar-refractivity contribution in [3.05, 3.63) is 42.1 Å². The number of rotatable bonds is 4. The van der Waals surface area contributed by atoms with Gasteiger partial charge in [0.15, 0.2) is 0 Å². The van der Waals surface area contributed by atoms with Gasteiger partial charge in [-0.25, -0.2) is 0 Å². The number of carbonyl (C=O) groups excluding carboxylic acids is 1. The number of para-hydroxylation sites is 1. The van der Waals surface area contributed by atoms with Crippen LogP contribution in [0, 0.1) is 5.92 Å². The minimum atomic E-state index is -0.433.